The molecule has 0 radical (unpaired) electrons. The third-order valence-corrected chi connectivity index (χ3v) is 2.66. The molecule has 1 aliphatic heterocycles. The van der Waals surface area contributed by atoms with Gasteiger partial charge < -0.3 is 14.6 Å². The van der Waals surface area contributed by atoms with Crippen molar-refractivity contribution < 1.29 is 9.21 Å². The van der Waals surface area contributed by atoms with Gasteiger partial charge in [0.15, 0.2) is 0 Å². The fraction of sp³-hybridized carbons (Fsp3) is 0.667. The molecule has 7 heteroatoms. The van der Waals surface area contributed by atoms with Crippen molar-refractivity contribution in [2.75, 3.05) is 25.0 Å². The van der Waals surface area contributed by atoms with Gasteiger partial charge in [0.05, 0.1) is 6.54 Å². The van der Waals surface area contributed by atoms with Crippen molar-refractivity contribution in [2.45, 2.75) is 18.7 Å². The van der Waals surface area contributed by atoms with Crippen LogP contribution < -0.4 is 5.32 Å². The Balaban J connectivity index is 1.80. The smallest absolute Gasteiger partial charge is 0.315 e. The summed E-state index contributed by atoms with van der Waals surface area (Å²) in [6, 6.07) is 0.239. The maximum absolute atomic E-state index is 11.6. The number of hydrogen-bond donors (Lipinski definition) is 1. The zero-order valence-electron chi connectivity index (χ0n) is 8.78. The van der Waals surface area contributed by atoms with Crippen molar-refractivity contribution in [3.63, 3.8) is 0 Å². The predicted octanol–water partition coefficient (Wildman–Crippen LogP) is 0.843. The molecule has 0 spiro atoms. The summed E-state index contributed by atoms with van der Waals surface area (Å²) < 4.78 is 5.11. The summed E-state index contributed by atoms with van der Waals surface area (Å²) in [5, 5.41) is 10.2. The third-order valence-electron chi connectivity index (χ3n) is 2.43. The maximum Gasteiger partial charge on any atom is 0.315 e. The van der Waals surface area contributed by atoms with E-state index in [0.717, 1.165) is 25.9 Å². The number of hydrogen-bond acceptors (Lipinski definition) is 5. The Kier molecular flexibility index (Phi) is 3.61. The third kappa shape index (κ3) is 2.63. The Morgan fingerprint density at radius 3 is 2.81 bits per heavy atom. The Bertz CT molecular complexity index is 362. The van der Waals surface area contributed by atoms with E-state index in [1.807, 2.05) is 4.90 Å². The number of anilines is 1. The number of nitrogens with zero attached hydrogens (tertiary/aromatic N) is 3. The quantitative estimate of drug-likeness (QED) is 0.795. The van der Waals surface area contributed by atoms with E-state index in [1.165, 1.54) is 0 Å². The first-order valence-corrected chi connectivity index (χ1v) is 5.73. The van der Waals surface area contributed by atoms with Gasteiger partial charge in [0.2, 0.25) is 11.8 Å². The van der Waals surface area contributed by atoms with Crippen molar-refractivity contribution in [1.82, 2.24) is 15.1 Å². The summed E-state index contributed by atoms with van der Waals surface area (Å²) in [5.41, 5.74) is 0. The molecule has 16 heavy (non-hydrogen) atoms. The summed E-state index contributed by atoms with van der Waals surface area (Å²) in [6.45, 7) is 1.87. The number of carbonyl (C=O) groups excluding carboxylic acids is 1. The number of alkyl halides is 1. The van der Waals surface area contributed by atoms with E-state index in [4.69, 9.17) is 16.0 Å². The van der Waals surface area contributed by atoms with E-state index >= 15 is 0 Å². The van der Waals surface area contributed by atoms with E-state index in [2.05, 4.69) is 15.5 Å². The molecule has 2 rings (SSSR count). The predicted molar refractivity (Wildman–Crippen MR) is 58.2 cm³/mol. The minimum Gasteiger partial charge on any atom is -0.407 e. The number of amides is 1. The van der Waals surface area contributed by atoms with Gasteiger partial charge in [-0.3, -0.25) is 4.79 Å². The van der Waals surface area contributed by atoms with Crippen LogP contribution in [0.4, 0.5) is 6.01 Å². The van der Waals surface area contributed by atoms with Crippen LogP contribution in [0.25, 0.3) is 0 Å². The van der Waals surface area contributed by atoms with E-state index in [-0.39, 0.29) is 24.3 Å². The molecule has 1 amide bonds. The number of likely N-dealkylation sites (tertiary alicyclic amines) is 1. The second-order valence-corrected chi connectivity index (χ2v) is 3.84. The van der Waals surface area contributed by atoms with Crippen LogP contribution >= 0.6 is 11.6 Å². The summed E-state index contributed by atoms with van der Waals surface area (Å²) in [6.07, 6.45) is 2.17. The molecule has 6 nitrogen and oxygen atoms in total. The summed E-state index contributed by atoms with van der Waals surface area (Å²) in [7, 11) is 0. The first-order chi connectivity index (χ1) is 7.79. The SMILES string of the molecule is O=C(CNc1nnc(CCl)o1)N1CCCC1. The summed E-state index contributed by atoms with van der Waals surface area (Å²) in [4.78, 5) is 13.5. The Morgan fingerprint density at radius 1 is 1.44 bits per heavy atom. The van der Waals surface area contributed by atoms with Crippen molar-refractivity contribution in [1.29, 1.82) is 0 Å². The normalized spacial score (nSPS) is 15.4. The molecule has 0 unspecified atom stereocenters. The molecule has 0 atom stereocenters. The fourth-order valence-electron chi connectivity index (χ4n) is 1.61. The number of nitrogens with one attached hydrogen (secondary N) is 1. The van der Waals surface area contributed by atoms with E-state index < -0.39 is 0 Å². The molecule has 0 bridgehead atoms. The van der Waals surface area contributed by atoms with Gasteiger partial charge in [-0.25, -0.2) is 0 Å². The first kappa shape index (κ1) is 11.2. The average Bonchev–Trinajstić information content (AvgIpc) is 2.96. The highest BCUT2D eigenvalue weighted by Gasteiger charge is 2.17. The summed E-state index contributed by atoms with van der Waals surface area (Å²) in [5.74, 6) is 0.579. The lowest BCUT2D eigenvalue weighted by Crippen LogP contribution is -2.33. The Morgan fingerprint density at radius 2 is 2.19 bits per heavy atom. The van der Waals surface area contributed by atoms with Crippen molar-refractivity contribution in [3.8, 4) is 0 Å². The maximum atomic E-state index is 11.6. The van der Waals surface area contributed by atoms with Gasteiger partial charge >= 0.3 is 6.01 Å². The highest BCUT2D eigenvalue weighted by molar-refractivity contribution is 6.16. The first-order valence-electron chi connectivity index (χ1n) is 5.19. The number of aromatic nitrogens is 2. The van der Waals surface area contributed by atoms with Gasteiger partial charge in [-0.2, -0.15) is 0 Å². The van der Waals surface area contributed by atoms with Crippen molar-refractivity contribution >= 4 is 23.5 Å². The lowest BCUT2D eigenvalue weighted by molar-refractivity contribution is -0.128. The molecule has 1 aromatic heterocycles. The highest BCUT2D eigenvalue weighted by Crippen LogP contribution is 2.09. The van der Waals surface area contributed by atoms with Crippen LogP contribution in [-0.4, -0.2) is 40.6 Å². The molecule has 88 valence electrons. The number of carbonyl (C=O) groups is 1. The molecule has 0 saturated carbocycles. The largest absolute Gasteiger partial charge is 0.407 e. The molecule has 0 aliphatic carbocycles. The van der Waals surface area contributed by atoms with Crippen LogP contribution in [0.5, 0.6) is 0 Å². The van der Waals surface area contributed by atoms with E-state index in [9.17, 15) is 4.79 Å². The van der Waals surface area contributed by atoms with Crippen molar-refractivity contribution in [3.05, 3.63) is 5.89 Å². The molecule has 0 aromatic carbocycles. The summed E-state index contributed by atoms with van der Waals surface area (Å²) >= 11 is 5.51. The molecular weight excluding hydrogens is 232 g/mol. The van der Waals surface area contributed by atoms with Crippen LogP contribution in [0.15, 0.2) is 4.42 Å². The molecule has 1 fully saturated rings. The van der Waals surface area contributed by atoms with Gasteiger partial charge in [0.25, 0.3) is 0 Å². The second-order valence-electron chi connectivity index (χ2n) is 3.58. The molecule has 1 aliphatic rings. The van der Waals surface area contributed by atoms with Crippen LogP contribution in [0.3, 0.4) is 0 Å². The molecule has 1 N–H and O–H groups in total. The monoisotopic (exact) mass is 244 g/mol. The van der Waals surface area contributed by atoms with Crippen LogP contribution in [0.2, 0.25) is 0 Å². The standard InChI is InChI=1S/C9H13ClN4O2/c10-5-7-12-13-9(16-7)11-6-8(15)14-3-1-2-4-14/h1-6H2,(H,11,13). The Hall–Kier alpha value is -1.30. The van der Waals surface area contributed by atoms with Gasteiger partial charge in [0.1, 0.15) is 5.88 Å². The molecular formula is C9H13ClN4O2. The fourth-order valence-corrected chi connectivity index (χ4v) is 1.72. The molecule has 1 saturated heterocycles. The van der Waals surface area contributed by atoms with Gasteiger partial charge in [-0.05, 0) is 12.8 Å². The highest BCUT2D eigenvalue weighted by atomic mass is 35.5. The average molecular weight is 245 g/mol. The lowest BCUT2D eigenvalue weighted by atomic mass is 10.4. The minimum absolute atomic E-state index is 0.0584. The second kappa shape index (κ2) is 5.16. The van der Waals surface area contributed by atoms with E-state index in [1.54, 1.807) is 0 Å². The van der Waals surface area contributed by atoms with Gasteiger partial charge in [-0.15, -0.1) is 16.7 Å². The van der Waals surface area contributed by atoms with Gasteiger partial charge in [-0.1, -0.05) is 5.10 Å². The molecule has 2 heterocycles. The Labute approximate surface area is 98.0 Å². The topological polar surface area (TPSA) is 71.3 Å². The molecule has 1 aromatic rings. The number of halogens is 1. The minimum atomic E-state index is 0.0584. The zero-order chi connectivity index (χ0) is 11.4. The van der Waals surface area contributed by atoms with Crippen LogP contribution in [0.1, 0.15) is 18.7 Å². The van der Waals surface area contributed by atoms with Crippen molar-refractivity contribution in [2.24, 2.45) is 0 Å². The lowest BCUT2D eigenvalue weighted by Gasteiger charge is -2.14. The van der Waals surface area contributed by atoms with Gasteiger partial charge in [0, 0.05) is 13.1 Å². The van der Waals surface area contributed by atoms with Crippen LogP contribution in [0, 0.1) is 0 Å². The zero-order valence-corrected chi connectivity index (χ0v) is 9.53. The van der Waals surface area contributed by atoms with Crippen LogP contribution in [-0.2, 0) is 10.7 Å². The van der Waals surface area contributed by atoms with E-state index in [0.29, 0.717) is 5.89 Å². The number of rotatable bonds is 4.